The molecule has 3 aromatic rings. The van der Waals surface area contributed by atoms with E-state index in [1.54, 1.807) is 43.8 Å². The lowest BCUT2D eigenvalue weighted by Crippen LogP contribution is -2.31. The van der Waals surface area contributed by atoms with Gasteiger partial charge in [0, 0.05) is 48.4 Å². The van der Waals surface area contributed by atoms with Crippen molar-refractivity contribution in [2.24, 2.45) is 0 Å². The lowest BCUT2D eigenvalue weighted by atomic mass is 10.1. The molecule has 1 fully saturated rings. The van der Waals surface area contributed by atoms with Gasteiger partial charge < -0.3 is 19.1 Å². The molecule has 1 N–H and O–H groups in total. The van der Waals surface area contributed by atoms with E-state index >= 15 is 0 Å². The molecule has 1 aliphatic rings. The first-order chi connectivity index (χ1) is 17.4. The van der Waals surface area contributed by atoms with Crippen molar-refractivity contribution in [3.05, 3.63) is 78.1 Å². The minimum atomic E-state index is -3.65. The predicted molar refractivity (Wildman–Crippen MR) is 136 cm³/mol. The van der Waals surface area contributed by atoms with Crippen LogP contribution >= 0.6 is 0 Å². The van der Waals surface area contributed by atoms with Gasteiger partial charge in [-0.15, -0.1) is 0 Å². The maximum absolute atomic E-state index is 12.4. The average Bonchev–Trinajstić information content (AvgIpc) is 3.41. The topological polar surface area (TPSA) is 107 Å². The number of aromatic nitrogens is 1. The first-order valence-electron chi connectivity index (χ1n) is 11.7. The lowest BCUT2D eigenvalue weighted by molar-refractivity contribution is -0.0402. The Kier molecular flexibility index (Phi) is 8.07. The Labute approximate surface area is 211 Å². The van der Waals surface area contributed by atoms with Crippen LogP contribution in [0.5, 0.6) is 11.5 Å². The number of carbonyl (C=O) groups excluding carboxylic acids is 1. The molecule has 4 rings (SSSR count). The highest BCUT2D eigenvalue weighted by Crippen LogP contribution is 2.37. The van der Waals surface area contributed by atoms with E-state index in [-0.39, 0.29) is 17.6 Å². The molecule has 190 valence electrons. The summed E-state index contributed by atoms with van der Waals surface area (Å²) in [4.78, 5) is 18.7. The molecule has 0 radical (unpaired) electrons. The average molecular weight is 512 g/mol. The van der Waals surface area contributed by atoms with E-state index in [4.69, 9.17) is 14.2 Å². The number of benzene rings is 2. The van der Waals surface area contributed by atoms with E-state index < -0.39 is 15.9 Å². The number of rotatable bonds is 10. The van der Waals surface area contributed by atoms with Crippen LogP contribution < -0.4 is 19.1 Å². The van der Waals surface area contributed by atoms with E-state index in [0.717, 1.165) is 29.8 Å². The zero-order chi connectivity index (χ0) is 25.5. The zero-order valence-corrected chi connectivity index (χ0v) is 21.0. The maximum Gasteiger partial charge on any atom is 0.264 e. The fourth-order valence-electron chi connectivity index (χ4n) is 3.78. The molecule has 0 spiro atoms. The standard InChI is InChI=1S/C26H29N3O6S/c1-3-36(31,32)28-26(30)20-8-10-21(11-9-20)29(18-19-6-4-14-27-17-19)22-12-13-23(33-2)24(16-22)35-25-7-5-15-34-25/h4,6,8-14,16-17,25H,3,5,7,15,18H2,1-2H3,(H,28,30). The first kappa shape index (κ1) is 25.5. The molecule has 2 aromatic carbocycles. The Hall–Kier alpha value is -3.63. The number of nitrogens with one attached hydrogen (secondary N) is 1. The Morgan fingerprint density at radius 2 is 1.92 bits per heavy atom. The smallest absolute Gasteiger partial charge is 0.264 e. The molecule has 1 aliphatic heterocycles. The number of nitrogens with zero attached hydrogens (tertiary/aromatic N) is 2. The molecule has 1 atom stereocenters. The van der Waals surface area contributed by atoms with Gasteiger partial charge in [0.05, 0.1) is 19.5 Å². The number of hydrogen-bond acceptors (Lipinski definition) is 8. The largest absolute Gasteiger partial charge is 0.493 e. The van der Waals surface area contributed by atoms with Gasteiger partial charge in [-0.1, -0.05) is 6.07 Å². The van der Waals surface area contributed by atoms with Crippen molar-refractivity contribution in [3.63, 3.8) is 0 Å². The van der Waals surface area contributed by atoms with Crippen LogP contribution in [0.3, 0.4) is 0 Å². The molecule has 36 heavy (non-hydrogen) atoms. The third-order valence-electron chi connectivity index (χ3n) is 5.74. The fraction of sp³-hybridized carbons (Fsp3) is 0.308. The number of methoxy groups -OCH3 is 1. The summed E-state index contributed by atoms with van der Waals surface area (Å²) in [6.45, 7) is 2.63. The van der Waals surface area contributed by atoms with Crippen molar-refractivity contribution in [1.82, 2.24) is 9.71 Å². The second-order valence-electron chi connectivity index (χ2n) is 8.22. The summed E-state index contributed by atoms with van der Waals surface area (Å²) in [7, 11) is -2.06. The van der Waals surface area contributed by atoms with E-state index in [1.165, 1.54) is 6.92 Å². The van der Waals surface area contributed by atoms with Crippen molar-refractivity contribution in [2.45, 2.75) is 32.6 Å². The van der Waals surface area contributed by atoms with Crippen LogP contribution in [0.15, 0.2) is 67.0 Å². The van der Waals surface area contributed by atoms with Gasteiger partial charge >= 0.3 is 0 Å². The molecule has 1 amide bonds. The molecule has 1 saturated heterocycles. The van der Waals surface area contributed by atoms with Crippen LogP contribution in [0.2, 0.25) is 0 Å². The highest BCUT2D eigenvalue weighted by atomic mass is 32.2. The highest BCUT2D eigenvalue weighted by molar-refractivity contribution is 7.90. The molecule has 10 heteroatoms. The van der Waals surface area contributed by atoms with Crippen LogP contribution in [-0.4, -0.2) is 45.1 Å². The molecule has 2 heterocycles. The molecular formula is C26H29N3O6S. The van der Waals surface area contributed by atoms with Crippen molar-refractivity contribution in [2.75, 3.05) is 24.4 Å². The van der Waals surface area contributed by atoms with Crippen molar-refractivity contribution in [3.8, 4) is 11.5 Å². The molecule has 0 saturated carbocycles. The summed E-state index contributed by atoms with van der Waals surface area (Å²) in [6.07, 6.45) is 4.94. The van der Waals surface area contributed by atoms with E-state index in [9.17, 15) is 13.2 Å². The van der Waals surface area contributed by atoms with Gasteiger partial charge in [0.15, 0.2) is 17.8 Å². The quantitative estimate of drug-likeness (QED) is 0.435. The number of anilines is 2. The summed E-state index contributed by atoms with van der Waals surface area (Å²) < 4.78 is 42.8. The zero-order valence-electron chi connectivity index (χ0n) is 20.2. The predicted octanol–water partition coefficient (Wildman–Crippen LogP) is 4.02. The minimum absolute atomic E-state index is 0.177. The number of ether oxygens (including phenoxy) is 3. The highest BCUT2D eigenvalue weighted by Gasteiger charge is 2.21. The van der Waals surface area contributed by atoms with E-state index in [0.29, 0.717) is 24.7 Å². The van der Waals surface area contributed by atoms with Gasteiger partial charge in [-0.3, -0.25) is 9.78 Å². The number of sulfonamides is 1. The van der Waals surface area contributed by atoms with Crippen LogP contribution in [0, 0.1) is 0 Å². The van der Waals surface area contributed by atoms with Gasteiger partial charge in [0.25, 0.3) is 5.91 Å². The summed E-state index contributed by atoms with van der Waals surface area (Å²) in [5.74, 6) is 0.321. The van der Waals surface area contributed by atoms with Gasteiger partial charge in [-0.05, 0) is 61.4 Å². The van der Waals surface area contributed by atoms with Gasteiger partial charge in [0.1, 0.15) is 0 Å². The van der Waals surface area contributed by atoms with Gasteiger partial charge in [-0.2, -0.15) is 0 Å². The maximum atomic E-state index is 12.4. The third-order valence-corrected chi connectivity index (χ3v) is 6.99. The number of pyridine rings is 1. The van der Waals surface area contributed by atoms with Crippen molar-refractivity contribution < 1.29 is 27.4 Å². The third kappa shape index (κ3) is 6.32. The van der Waals surface area contributed by atoms with Crippen LogP contribution in [0.25, 0.3) is 0 Å². The molecule has 0 aliphatic carbocycles. The lowest BCUT2D eigenvalue weighted by Gasteiger charge is -2.27. The second kappa shape index (κ2) is 11.4. The minimum Gasteiger partial charge on any atom is -0.493 e. The Balaban J connectivity index is 1.66. The summed E-state index contributed by atoms with van der Waals surface area (Å²) in [6, 6.07) is 16.2. The Bertz CT molecular complexity index is 1280. The van der Waals surface area contributed by atoms with Crippen molar-refractivity contribution >= 4 is 27.3 Å². The molecule has 1 unspecified atom stereocenters. The van der Waals surface area contributed by atoms with Crippen LogP contribution in [-0.2, 0) is 21.3 Å². The number of carbonyl (C=O) groups is 1. The number of amides is 1. The van der Waals surface area contributed by atoms with Gasteiger partial charge in [0.2, 0.25) is 10.0 Å². The molecule has 1 aromatic heterocycles. The van der Waals surface area contributed by atoms with Crippen LogP contribution in [0.4, 0.5) is 11.4 Å². The Morgan fingerprint density at radius 3 is 2.56 bits per heavy atom. The molecule has 0 bridgehead atoms. The van der Waals surface area contributed by atoms with E-state index in [2.05, 4.69) is 9.71 Å². The summed E-state index contributed by atoms with van der Waals surface area (Å²) in [5.41, 5.74) is 2.85. The van der Waals surface area contributed by atoms with Gasteiger partial charge in [-0.25, -0.2) is 13.1 Å². The molecule has 9 nitrogen and oxygen atoms in total. The Morgan fingerprint density at radius 1 is 1.14 bits per heavy atom. The summed E-state index contributed by atoms with van der Waals surface area (Å²) >= 11 is 0. The second-order valence-corrected chi connectivity index (χ2v) is 10.2. The normalized spacial score (nSPS) is 15.3. The van der Waals surface area contributed by atoms with E-state index in [1.807, 2.05) is 35.2 Å². The molecular weight excluding hydrogens is 482 g/mol. The number of hydrogen-bond donors (Lipinski definition) is 1. The monoisotopic (exact) mass is 511 g/mol. The SMILES string of the molecule is CCS(=O)(=O)NC(=O)c1ccc(N(Cc2cccnc2)c2ccc(OC)c(OC3CCCO3)c2)cc1. The van der Waals surface area contributed by atoms with Crippen molar-refractivity contribution in [1.29, 1.82) is 0 Å². The summed E-state index contributed by atoms with van der Waals surface area (Å²) in [5, 5.41) is 0. The first-order valence-corrected chi connectivity index (χ1v) is 13.3. The van der Waals surface area contributed by atoms with Crippen LogP contribution in [0.1, 0.15) is 35.7 Å². The fourth-order valence-corrected chi connectivity index (χ4v) is 4.32.